The second kappa shape index (κ2) is 6.60. The molecule has 1 aromatic heterocycles. The first-order chi connectivity index (χ1) is 12.9. The Balaban J connectivity index is 1.45. The molecule has 1 aliphatic heterocycles. The highest BCUT2D eigenvalue weighted by Crippen LogP contribution is 2.47. The molecule has 0 unspecified atom stereocenters. The number of hydrogen-bond acceptors (Lipinski definition) is 5. The molecular weight excluding hydrogens is 357 g/mol. The topological polar surface area (TPSA) is 40.6 Å². The molecule has 1 spiro atoms. The normalized spacial score (nSPS) is 18.7. The number of alkyl halides is 3. The second-order valence-electron chi connectivity index (χ2n) is 7.10. The Hall–Kier alpha value is -2.48. The van der Waals surface area contributed by atoms with Crippen molar-refractivity contribution in [3.05, 3.63) is 48.2 Å². The molecule has 0 atom stereocenters. The summed E-state index contributed by atoms with van der Waals surface area (Å²) in [6, 6.07) is 10.2. The molecule has 2 aliphatic rings. The van der Waals surface area contributed by atoms with Gasteiger partial charge in [0.25, 0.3) is 0 Å². The van der Waals surface area contributed by atoms with Crippen molar-refractivity contribution in [2.24, 2.45) is 0 Å². The van der Waals surface area contributed by atoms with E-state index in [1.165, 1.54) is 17.7 Å². The highest BCUT2D eigenvalue weighted by molar-refractivity contribution is 5.51. The number of anilines is 2. The van der Waals surface area contributed by atoms with Gasteiger partial charge in [0.2, 0.25) is 0 Å². The average Bonchev–Trinajstić information content (AvgIpc) is 3.32. The first kappa shape index (κ1) is 17.9. The monoisotopic (exact) mass is 378 g/mol. The Bertz CT molecular complexity index is 805. The van der Waals surface area contributed by atoms with Crippen LogP contribution >= 0.6 is 0 Å². The molecule has 2 fully saturated rings. The Labute approximate surface area is 155 Å². The molecule has 0 bridgehead atoms. The molecule has 2 heterocycles. The van der Waals surface area contributed by atoms with Crippen LogP contribution in [-0.2, 0) is 6.54 Å². The number of nitrogens with one attached hydrogen (secondary N) is 1. The van der Waals surface area contributed by atoms with Crippen LogP contribution in [0.2, 0.25) is 0 Å². The van der Waals surface area contributed by atoms with Crippen LogP contribution in [0.1, 0.15) is 18.4 Å². The third-order valence-electron chi connectivity index (χ3n) is 5.21. The molecular formula is C19H21F3N4O. The zero-order valence-electron chi connectivity index (χ0n) is 15.0. The molecule has 0 amide bonds. The van der Waals surface area contributed by atoms with E-state index in [0.717, 1.165) is 44.1 Å². The van der Waals surface area contributed by atoms with E-state index < -0.39 is 6.36 Å². The fourth-order valence-electron chi connectivity index (χ4n) is 3.66. The van der Waals surface area contributed by atoms with Crippen LogP contribution in [0.5, 0.6) is 5.75 Å². The van der Waals surface area contributed by atoms with Gasteiger partial charge in [-0.25, -0.2) is 4.98 Å². The first-order valence-corrected chi connectivity index (χ1v) is 8.85. The van der Waals surface area contributed by atoms with Gasteiger partial charge in [-0.15, -0.1) is 13.2 Å². The Morgan fingerprint density at radius 2 is 1.93 bits per heavy atom. The summed E-state index contributed by atoms with van der Waals surface area (Å²) in [4.78, 5) is 8.91. The van der Waals surface area contributed by atoms with E-state index in [2.05, 4.69) is 24.8 Å². The molecule has 4 rings (SSSR count). The van der Waals surface area contributed by atoms with Crippen molar-refractivity contribution < 1.29 is 17.9 Å². The molecule has 1 aromatic carbocycles. The molecule has 1 aliphatic carbocycles. The van der Waals surface area contributed by atoms with E-state index in [9.17, 15) is 13.2 Å². The minimum Gasteiger partial charge on any atom is -0.406 e. The van der Waals surface area contributed by atoms with Crippen molar-refractivity contribution in [1.29, 1.82) is 0 Å². The molecule has 144 valence electrons. The molecule has 27 heavy (non-hydrogen) atoms. The van der Waals surface area contributed by atoms with Crippen molar-refractivity contribution >= 4 is 11.5 Å². The summed E-state index contributed by atoms with van der Waals surface area (Å²) >= 11 is 0. The van der Waals surface area contributed by atoms with Crippen molar-refractivity contribution in [2.75, 3.05) is 30.5 Å². The molecule has 2 aromatic rings. The molecule has 0 radical (unpaired) electrons. The van der Waals surface area contributed by atoms with Crippen molar-refractivity contribution in [1.82, 2.24) is 9.88 Å². The smallest absolute Gasteiger partial charge is 0.406 e. The summed E-state index contributed by atoms with van der Waals surface area (Å²) in [6.07, 6.45) is -0.583. The van der Waals surface area contributed by atoms with Crippen LogP contribution in [0.15, 0.2) is 42.6 Å². The highest BCUT2D eigenvalue weighted by atomic mass is 19.4. The summed E-state index contributed by atoms with van der Waals surface area (Å²) in [7, 11) is 1.85. The lowest BCUT2D eigenvalue weighted by Gasteiger charge is -2.22. The number of benzene rings is 1. The minimum atomic E-state index is -4.67. The number of ether oxygens (including phenoxy) is 1. The molecule has 1 N–H and O–H groups in total. The zero-order chi connectivity index (χ0) is 19.1. The van der Waals surface area contributed by atoms with Gasteiger partial charge in [-0.2, -0.15) is 0 Å². The van der Waals surface area contributed by atoms with Crippen molar-refractivity contribution in [2.45, 2.75) is 31.3 Å². The van der Waals surface area contributed by atoms with E-state index in [4.69, 9.17) is 0 Å². The number of rotatable bonds is 5. The van der Waals surface area contributed by atoms with E-state index in [1.54, 1.807) is 18.3 Å². The van der Waals surface area contributed by atoms with Gasteiger partial charge in [-0.05, 0) is 54.8 Å². The number of halogens is 3. The van der Waals surface area contributed by atoms with Crippen molar-refractivity contribution in [3.8, 4) is 5.75 Å². The van der Waals surface area contributed by atoms with Crippen LogP contribution in [0.4, 0.5) is 24.7 Å². The summed E-state index contributed by atoms with van der Waals surface area (Å²) in [5, 5.41) is 3.05. The number of hydrogen-bond donors (Lipinski definition) is 1. The lowest BCUT2D eigenvalue weighted by Crippen LogP contribution is -2.32. The number of nitrogens with zero attached hydrogens (tertiary/aromatic N) is 3. The fraction of sp³-hybridized carbons (Fsp3) is 0.421. The van der Waals surface area contributed by atoms with E-state index in [-0.39, 0.29) is 11.3 Å². The summed E-state index contributed by atoms with van der Waals surface area (Å²) in [5.41, 5.74) is 2.27. The lowest BCUT2D eigenvalue weighted by atomic mass is 10.2. The van der Waals surface area contributed by atoms with Gasteiger partial charge in [-0.1, -0.05) is 0 Å². The molecule has 1 saturated heterocycles. The van der Waals surface area contributed by atoms with Gasteiger partial charge in [0.1, 0.15) is 11.6 Å². The van der Waals surface area contributed by atoms with Gasteiger partial charge in [0, 0.05) is 37.6 Å². The third kappa shape index (κ3) is 3.95. The van der Waals surface area contributed by atoms with Crippen LogP contribution in [0.25, 0.3) is 0 Å². The predicted octanol–water partition coefficient (Wildman–Crippen LogP) is 3.83. The maximum absolute atomic E-state index is 12.3. The largest absolute Gasteiger partial charge is 0.573 e. The predicted molar refractivity (Wildman–Crippen MR) is 96.6 cm³/mol. The Morgan fingerprint density at radius 1 is 1.19 bits per heavy atom. The van der Waals surface area contributed by atoms with Crippen molar-refractivity contribution in [3.63, 3.8) is 0 Å². The Kier molecular flexibility index (Phi) is 4.38. The molecule has 1 saturated carbocycles. The van der Waals surface area contributed by atoms with Gasteiger partial charge in [0.15, 0.2) is 0 Å². The molecule has 5 nitrogen and oxygen atoms in total. The van der Waals surface area contributed by atoms with Gasteiger partial charge in [0.05, 0.1) is 6.67 Å². The minimum absolute atomic E-state index is 0.171. The van der Waals surface area contributed by atoms with Gasteiger partial charge in [-0.3, -0.25) is 4.90 Å². The summed E-state index contributed by atoms with van der Waals surface area (Å²) < 4.78 is 40.9. The number of aromatic nitrogens is 1. The molecule has 8 heteroatoms. The van der Waals surface area contributed by atoms with Crippen LogP contribution in [0, 0.1) is 0 Å². The zero-order valence-corrected chi connectivity index (χ0v) is 15.0. The van der Waals surface area contributed by atoms with E-state index in [1.807, 2.05) is 19.2 Å². The first-order valence-electron chi connectivity index (χ1n) is 8.85. The lowest BCUT2D eigenvalue weighted by molar-refractivity contribution is -0.274. The quantitative estimate of drug-likeness (QED) is 0.856. The maximum Gasteiger partial charge on any atom is 0.573 e. The summed E-state index contributed by atoms with van der Waals surface area (Å²) in [6.45, 7) is 2.45. The SMILES string of the molecule is CNc1cc(CN2CN(c3ccc(OC(F)(F)F)cc3)CC23CC3)ccn1. The van der Waals surface area contributed by atoms with Crippen LogP contribution in [0.3, 0.4) is 0 Å². The average molecular weight is 378 g/mol. The van der Waals surface area contributed by atoms with Crippen LogP contribution in [-0.4, -0.2) is 42.0 Å². The van der Waals surface area contributed by atoms with E-state index >= 15 is 0 Å². The number of pyridine rings is 1. The van der Waals surface area contributed by atoms with Gasteiger partial charge >= 0.3 is 6.36 Å². The van der Waals surface area contributed by atoms with E-state index in [0.29, 0.717) is 0 Å². The summed E-state index contributed by atoms with van der Waals surface area (Å²) in [5.74, 6) is 0.647. The van der Waals surface area contributed by atoms with Gasteiger partial charge < -0.3 is 15.0 Å². The second-order valence-corrected chi connectivity index (χ2v) is 7.10. The van der Waals surface area contributed by atoms with Crippen LogP contribution < -0.4 is 15.0 Å². The third-order valence-corrected chi connectivity index (χ3v) is 5.21. The highest BCUT2D eigenvalue weighted by Gasteiger charge is 2.53. The maximum atomic E-state index is 12.3. The standard InChI is InChI=1S/C19H21F3N4O/c1-23-17-10-14(6-9-24-17)11-26-13-25(12-18(26)7-8-18)15-2-4-16(5-3-15)27-19(20,21)22/h2-6,9-10H,7-8,11-13H2,1H3,(H,23,24). The fourth-order valence-corrected chi connectivity index (χ4v) is 3.66. The Morgan fingerprint density at radius 3 is 2.56 bits per heavy atom.